The minimum absolute atomic E-state index is 0.181. The zero-order valence-corrected chi connectivity index (χ0v) is 10.5. The predicted octanol–water partition coefficient (Wildman–Crippen LogP) is 1.33. The Morgan fingerprint density at radius 3 is 2.94 bits per heavy atom. The van der Waals surface area contributed by atoms with Crippen molar-refractivity contribution in [2.45, 2.75) is 24.4 Å². The molecule has 0 radical (unpaired) electrons. The average Bonchev–Trinajstić information content (AvgIpc) is 2.81. The van der Waals surface area contributed by atoms with Gasteiger partial charge in [0.1, 0.15) is 18.2 Å². The van der Waals surface area contributed by atoms with E-state index in [0.717, 1.165) is 22.8 Å². The maximum Gasteiger partial charge on any atom is 0.261 e. The second-order valence-corrected chi connectivity index (χ2v) is 4.75. The highest BCUT2D eigenvalue weighted by Crippen LogP contribution is 2.32. The topological polar surface area (TPSA) is 73.1 Å². The Kier molecular flexibility index (Phi) is 4.67. The van der Waals surface area contributed by atoms with E-state index in [-0.39, 0.29) is 6.61 Å². The summed E-state index contributed by atoms with van der Waals surface area (Å²) in [5, 5.41) is 0. The van der Waals surface area contributed by atoms with Crippen molar-refractivity contribution in [3.63, 3.8) is 0 Å². The maximum absolute atomic E-state index is 11.9. The second kappa shape index (κ2) is 6.26. The summed E-state index contributed by atoms with van der Waals surface area (Å²) < 4.78 is 28.6. The smallest absolute Gasteiger partial charge is 0.261 e. The number of nitrogens with zero attached hydrogens (tertiary/aromatic N) is 2. The largest absolute Gasteiger partial charge is 0.375 e. The van der Waals surface area contributed by atoms with E-state index in [0.29, 0.717) is 18.1 Å². The van der Waals surface area contributed by atoms with Gasteiger partial charge in [0.15, 0.2) is 0 Å². The first kappa shape index (κ1) is 13.4. The number of nitrogens with two attached hydrogens (primary N) is 1. The summed E-state index contributed by atoms with van der Waals surface area (Å²) in [4.78, 5) is 8.64. The summed E-state index contributed by atoms with van der Waals surface area (Å²) in [6, 6.07) is 0. The minimum Gasteiger partial charge on any atom is -0.375 e. The third-order valence-electron chi connectivity index (χ3n) is 2.47. The lowest BCUT2D eigenvalue weighted by Crippen LogP contribution is -2.15. The fourth-order valence-corrected chi connectivity index (χ4v) is 2.71. The highest BCUT2D eigenvalue weighted by molar-refractivity contribution is 7.98. The van der Waals surface area contributed by atoms with Gasteiger partial charge in [0, 0.05) is 23.5 Å². The van der Waals surface area contributed by atoms with Gasteiger partial charge in [0.2, 0.25) is 0 Å². The molecule has 0 aromatic carbocycles. The number of ether oxygens (including phenoxy) is 1. The van der Waals surface area contributed by atoms with E-state index in [1.807, 2.05) is 0 Å². The fraction of sp³-hybridized carbons (Fsp3) is 0.600. The lowest BCUT2D eigenvalue weighted by atomic mass is 10.2. The molecule has 0 amide bonds. The van der Waals surface area contributed by atoms with Gasteiger partial charge < -0.3 is 10.2 Å². The molecule has 2 rings (SSSR count). The van der Waals surface area contributed by atoms with Crippen LogP contribution in [0.3, 0.4) is 0 Å². The first-order valence-corrected chi connectivity index (χ1v) is 6.65. The number of nitrogen functional groups attached to an aromatic ring is 1. The maximum atomic E-state index is 11.9. The Morgan fingerprint density at radius 1 is 1.39 bits per heavy atom. The summed E-state index contributed by atoms with van der Waals surface area (Å²) in [5.74, 6) is 8.27. The zero-order chi connectivity index (χ0) is 13.0. The van der Waals surface area contributed by atoms with Crippen molar-refractivity contribution in [1.82, 2.24) is 9.97 Å². The Labute approximate surface area is 107 Å². The molecule has 1 aliphatic rings. The number of thioether (sulfide) groups is 1. The summed E-state index contributed by atoms with van der Waals surface area (Å²) >= 11 is 1.74. The monoisotopic (exact) mass is 276 g/mol. The molecule has 0 unspecified atom stereocenters. The van der Waals surface area contributed by atoms with Crippen molar-refractivity contribution < 1.29 is 13.5 Å². The molecule has 0 aliphatic carbocycles. The molecular weight excluding hydrogens is 262 g/mol. The molecule has 0 spiro atoms. The van der Waals surface area contributed by atoms with E-state index in [4.69, 9.17) is 10.6 Å². The van der Waals surface area contributed by atoms with Gasteiger partial charge in [-0.25, -0.2) is 24.6 Å². The van der Waals surface area contributed by atoms with Gasteiger partial charge >= 0.3 is 0 Å². The highest BCUT2D eigenvalue weighted by atomic mass is 32.2. The van der Waals surface area contributed by atoms with Crippen molar-refractivity contribution in [2.24, 2.45) is 5.84 Å². The lowest BCUT2D eigenvalue weighted by molar-refractivity contribution is 0.0183. The van der Waals surface area contributed by atoms with Crippen LogP contribution in [0, 0.1) is 0 Å². The standard InChI is InChI=1S/C10H14F2N4OS/c11-8(12)3-17-2-1-9-14-7-5-18-4-6(7)10(15-9)16-13/h8H,1-5,13H2,(H,14,15,16). The van der Waals surface area contributed by atoms with E-state index in [1.54, 1.807) is 11.8 Å². The number of halogens is 2. The molecular formula is C10H14F2N4OS. The van der Waals surface area contributed by atoms with Gasteiger partial charge in [-0.3, -0.25) is 0 Å². The number of anilines is 1. The number of hydrogen-bond donors (Lipinski definition) is 2. The van der Waals surface area contributed by atoms with E-state index >= 15 is 0 Å². The van der Waals surface area contributed by atoms with Crippen LogP contribution in [-0.4, -0.2) is 29.6 Å². The number of nitrogens with one attached hydrogen (secondary N) is 1. The quantitative estimate of drug-likeness (QED) is 0.464. The van der Waals surface area contributed by atoms with Crippen LogP contribution in [-0.2, 0) is 22.7 Å². The molecule has 0 bridgehead atoms. The predicted molar refractivity (Wildman–Crippen MR) is 65.4 cm³/mol. The molecule has 1 aromatic heterocycles. The van der Waals surface area contributed by atoms with Gasteiger partial charge in [0.05, 0.1) is 12.3 Å². The Balaban J connectivity index is 1.97. The van der Waals surface area contributed by atoms with E-state index < -0.39 is 13.0 Å². The lowest BCUT2D eigenvalue weighted by Gasteiger charge is -2.09. The third-order valence-corrected chi connectivity index (χ3v) is 3.45. The minimum atomic E-state index is -2.44. The summed E-state index contributed by atoms with van der Waals surface area (Å²) in [6.07, 6.45) is -2.04. The molecule has 1 aliphatic heterocycles. The Morgan fingerprint density at radius 2 is 2.22 bits per heavy atom. The van der Waals surface area contributed by atoms with Crippen molar-refractivity contribution in [2.75, 3.05) is 18.6 Å². The van der Waals surface area contributed by atoms with E-state index in [1.165, 1.54) is 0 Å². The Bertz CT molecular complexity index is 419. The third kappa shape index (κ3) is 3.27. The van der Waals surface area contributed by atoms with Crippen LogP contribution in [0.5, 0.6) is 0 Å². The van der Waals surface area contributed by atoms with Gasteiger partial charge in [-0.1, -0.05) is 0 Å². The van der Waals surface area contributed by atoms with Crippen LogP contribution in [0.1, 0.15) is 17.1 Å². The summed E-state index contributed by atoms with van der Waals surface area (Å²) in [6.45, 7) is -0.372. The van der Waals surface area contributed by atoms with Crippen LogP contribution in [0.25, 0.3) is 0 Å². The van der Waals surface area contributed by atoms with Gasteiger partial charge in [0.25, 0.3) is 6.43 Å². The van der Waals surface area contributed by atoms with Crippen LogP contribution in [0.4, 0.5) is 14.6 Å². The molecule has 18 heavy (non-hydrogen) atoms. The molecule has 2 heterocycles. The molecule has 5 nitrogen and oxygen atoms in total. The van der Waals surface area contributed by atoms with Crippen LogP contribution < -0.4 is 11.3 Å². The summed E-state index contributed by atoms with van der Waals surface area (Å²) in [5.41, 5.74) is 4.54. The van der Waals surface area contributed by atoms with Gasteiger partial charge in [-0.05, 0) is 0 Å². The van der Waals surface area contributed by atoms with Crippen LogP contribution in [0.2, 0.25) is 0 Å². The molecule has 0 fully saturated rings. The van der Waals surface area contributed by atoms with Crippen LogP contribution in [0.15, 0.2) is 0 Å². The van der Waals surface area contributed by atoms with Crippen molar-refractivity contribution in [3.8, 4) is 0 Å². The zero-order valence-electron chi connectivity index (χ0n) is 9.66. The SMILES string of the molecule is NNc1nc(CCOCC(F)F)nc2c1CSC2. The number of aromatic nitrogens is 2. The van der Waals surface area contributed by atoms with Crippen molar-refractivity contribution >= 4 is 17.6 Å². The second-order valence-electron chi connectivity index (χ2n) is 3.77. The first-order chi connectivity index (χ1) is 8.70. The molecule has 0 atom stereocenters. The van der Waals surface area contributed by atoms with Crippen molar-refractivity contribution in [1.29, 1.82) is 0 Å². The Hall–Kier alpha value is -0.990. The number of hydrazine groups is 1. The molecule has 3 N–H and O–H groups in total. The van der Waals surface area contributed by atoms with Crippen LogP contribution >= 0.6 is 11.8 Å². The molecule has 100 valence electrons. The first-order valence-electron chi connectivity index (χ1n) is 5.49. The molecule has 0 saturated heterocycles. The molecule has 0 saturated carbocycles. The fourth-order valence-electron chi connectivity index (χ4n) is 1.67. The van der Waals surface area contributed by atoms with E-state index in [2.05, 4.69) is 15.4 Å². The van der Waals surface area contributed by atoms with Gasteiger partial charge in [-0.2, -0.15) is 11.8 Å². The number of rotatable bonds is 6. The number of fused-ring (bicyclic) bond motifs is 1. The van der Waals surface area contributed by atoms with Crippen molar-refractivity contribution in [3.05, 3.63) is 17.1 Å². The molecule has 8 heteroatoms. The normalized spacial score (nSPS) is 14.0. The average molecular weight is 276 g/mol. The number of hydrogen-bond acceptors (Lipinski definition) is 6. The summed E-state index contributed by atoms with van der Waals surface area (Å²) in [7, 11) is 0. The van der Waals surface area contributed by atoms with E-state index in [9.17, 15) is 8.78 Å². The number of alkyl halides is 2. The molecule has 1 aromatic rings. The van der Waals surface area contributed by atoms with Gasteiger partial charge in [-0.15, -0.1) is 0 Å². The highest BCUT2D eigenvalue weighted by Gasteiger charge is 2.19.